The maximum absolute atomic E-state index is 13.5. The number of nitrogens with zero attached hydrogens (tertiary/aromatic N) is 1. The van der Waals surface area contributed by atoms with Crippen molar-refractivity contribution < 1.29 is 23.8 Å². The van der Waals surface area contributed by atoms with Crippen LogP contribution in [0.15, 0.2) is 18.2 Å². The molecule has 1 aliphatic rings. The lowest BCUT2D eigenvalue weighted by molar-refractivity contribution is -0.137. The fourth-order valence-corrected chi connectivity index (χ4v) is 2.59. The molecule has 0 aliphatic carbocycles. The number of amides is 1. The highest BCUT2D eigenvalue weighted by atomic mass is 35.5. The van der Waals surface area contributed by atoms with Gasteiger partial charge < -0.3 is 14.7 Å². The second-order valence-electron chi connectivity index (χ2n) is 5.13. The molecule has 1 heterocycles. The van der Waals surface area contributed by atoms with Gasteiger partial charge in [-0.2, -0.15) is 0 Å². The first-order chi connectivity index (χ1) is 10.5. The summed E-state index contributed by atoms with van der Waals surface area (Å²) in [6, 6.07) is 3.99. The highest BCUT2D eigenvalue weighted by molar-refractivity contribution is 6.34. The van der Waals surface area contributed by atoms with E-state index in [0.29, 0.717) is 6.61 Å². The summed E-state index contributed by atoms with van der Waals surface area (Å²) in [6.45, 7) is 0.937. The van der Waals surface area contributed by atoms with Gasteiger partial charge in [-0.3, -0.25) is 9.59 Å². The third-order valence-corrected chi connectivity index (χ3v) is 3.90. The maximum Gasteiger partial charge on any atom is 0.305 e. The summed E-state index contributed by atoms with van der Waals surface area (Å²) in [5, 5.41) is 8.57. The summed E-state index contributed by atoms with van der Waals surface area (Å²) in [7, 11) is 0. The standard InChI is InChI=1S/C15H17ClFNO4/c16-14-11(4-1-5-12(14)17)15(21)18(7-6-13(19)20)9-10-3-2-8-22-10/h1,4-5,10H,2-3,6-9H2,(H,19,20)/t10-/m0/s1. The summed E-state index contributed by atoms with van der Waals surface area (Å²) in [4.78, 5) is 24.7. The van der Waals surface area contributed by atoms with Crippen LogP contribution in [-0.4, -0.2) is 47.7 Å². The molecule has 1 aliphatic heterocycles. The van der Waals surface area contributed by atoms with Crippen LogP contribution in [-0.2, 0) is 9.53 Å². The Balaban J connectivity index is 2.16. The third-order valence-electron chi connectivity index (χ3n) is 3.51. The van der Waals surface area contributed by atoms with E-state index < -0.39 is 17.7 Å². The molecule has 2 rings (SSSR count). The second-order valence-corrected chi connectivity index (χ2v) is 5.51. The molecule has 1 aromatic carbocycles. The van der Waals surface area contributed by atoms with Gasteiger partial charge in [-0.15, -0.1) is 0 Å². The number of benzene rings is 1. The van der Waals surface area contributed by atoms with Crippen LogP contribution in [0.25, 0.3) is 0 Å². The van der Waals surface area contributed by atoms with E-state index >= 15 is 0 Å². The molecule has 1 saturated heterocycles. The zero-order chi connectivity index (χ0) is 16.1. The molecule has 7 heteroatoms. The van der Waals surface area contributed by atoms with Gasteiger partial charge in [0, 0.05) is 19.7 Å². The van der Waals surface area contributed by atoms with E-state index in [-0.39, 0.29) is 36.2 Å². The molecule has 1 aromatic rings. The van der Waals surface area contributed by atoms with E-state index in [0.717, 1.165) is 12.8 Å². The van der Waals surface area contributed by atoms with Gasteiger partial charge in [-0.25, -0.2) is 4.39 Å². The van der Waals surface area contributed by atoms with Gasteiger partial charge in [-0.05, 0) is 25.0 Å². The Morgan fingerprint density at radius 2 is 2.23 bits per heavy atom. The fraction of sp³-hybridized carbons (Fsp3) is 0.467. The van der Waals surface area contributed by atoms with Crippen molar-refractivity contribution in [3.05, 3.63) is 34.6 Å². The predicted octanol–water partition coefficient (Wildman–Crippen LogP) is 2.58. The minimum Gasteiger partial charge on any atom is -0.481 e. The lowest BCUT2D eigenvalue weighted by atomic mass is 10.1. The first kappa shape index (κ1) is 16.7. The van der Waals surface area contributed by atoms with Crippen LogP contribution in [0.2, 0.25) is 5.02 Å². The molecular formula is C15H17ClFNO4. The largest absolute Gasteiger partial charge is 0.481 e. The highest BCUT2D eigenvalue weighted by Gasteiger charge is 2.25. The average molecular weight is 330 g/mol. The van der Waals surface area contributed by atoms with Crippen LogP contribution in [0, 0.1) is 5.82 Å². The topological polar surface area (TPSA) is 66.8 Å². The second kappa shape index (κ2) is 7.56. The zero-order valence-corrected chi connectivity index (χ0v) is 12.7. The van der Waals surface area contributed by atoms with Crippen LogP contribution >= 0.6 is 11.6 Å². The Kier molecular flexibility index (Phi) is 5.74. The quantitative estimate of drug-likeness (QED) is 0.871. The molecule has 22 heavy (non-hydrogen) atoms. The molecule has 1 atom stereocenters. The Labute approximate surface area is 132 Å². The first-order valence-electron chi connectivity index (χ1n) is 7.05. The number of halogens is 2. The maximum atomic E-state index is 13.5. The molecule has 0 saturated carbocycles. The van der Waals surface area contributed by atoms with Crippen molar-refractivity contribution in [3.8, 4) is 0 Å². The van der Waals surface area contributed by atoms with Crippen LogP contribution in [0.3, 0.4) is 0 Å². The first-order valence-corrected chi connectivity index (χ1v) is 7.43. The zero-order valence-electron chi connectivity index (χ0n) is 11.9. The van der Waals surface area contributed by atoms with Crippen molar-refractivity contribution in [1.82, 2.24) is 4.90 Å². The van der Waals surface area contributed by atoms with E-state index in [1.54, 1.807) is 0 Å². The van der Waals surface area contributed by atoms with Crippen LogP contribution < -0.4 is 0 Å². The highest BCUT2D eigenvalue weighted by Crippen LogP contribution is 2.22. The number of carboxylic acid groups (broad SMARTS) is 1. The average Bonchev–Trinajstić information content (AvgIpc) is 2.98. The van der Waals surface area contributed by atoms with Crippen molar-refractivity contribution in [2.24, 2.45) is 0 Å². The Hall–Kier alpha value is -1.66. The molecule has 1 amide bonds. The molecule has 0 unspecified atom stereocenters. The molecule has 1 N–H and O–H groups in total. The Bertz CT molecular complexity index is 560. The SMILES string of the molecule is O=C(O)CCN(C[C@@H]1CCCO1)C(=O)c1cccc(F)c1Cl. The lowest BCUT2D eigenvalue weighted by Gasteiger charge is -2.25. The van der Waals surface area contributed by atoms with Gasteiger partial charge in [0.1, 0.15) is 5.82 Å². The number of rotatable bonds is 6. The molecule has 1 fully saturated rings. The van der Waals surface area contributed by atoms with E-state index in [4.69, 9.17) is 21.4 Å². The molecule has 0 radical (unpaired) electrons. The van der Waals surface area contributed by atoms with Gasteiger partial charge in [-0.1, -0.05) is 17.7 Å². The predicted molar refractivity (Wildman–Crippen MR) is 78.5 cm³/mol. The smallest absolute Gasteiger partial charge is 0.305 e. The summed E-state index contributed by atoms with van der Waals surface area (Å²) in [5.74, 6) is -2.17. The number of carbonyl (C=O) groups excluding carboxylic acids is 1. The fourth-order valence-electron chi connectivity index (χ4n) is 2.38. The number of aliphatic carboxylic acids is 1. The van der Waals surface area contributed by atoms with Gasteiger partial charge in [0.2, 0.25) is 0 Å². The van der Waals surface area contributed by atoms with Crippen molar-refractivity contribution >= 4 is 23.5 Å². The number of hydrogen-bond donors (Lipinski definition) is 1. The summed E-state index contributed by atoms with van der Waals surface area (Å²) >= 11 is 5.84. The molecule has 0 spiro atoms. The number of hydrogen-bond acceptors (Lipinski definition) is 3. The lowest BCUT2D eigenvalue weighted by Crippen LogP contribution is -2.39. The summed E-state index contributed by atoms with van der Waals surface area (Å²) in [5.41, 5.74) is 0.0325. The minimum absolute atomic E-state index is 0.0286. The van der Waals surface area contributed by atoms with Crippen molar-refractivity contribution in [1.29, 1.82) is 0 Å². The summed E-state index contributed by atoms with van der Waals surface area (Å²) in [6.07, 6.45) is 1.41. The number of carbonyl (C=O) groups is 2. The normalized spacial score (nSPS) is 17.5. The summed E-state index contributed by atoms with van der Waals surface area (Å²) < 4.78 is 19.0. The van der Waals surface area contributed by atoms with E-state index in [9.17, 15) is 14.0 Å². The van der Waals surface area contributed by atoms with E-state index in [1.807, 2.05) is 0 Å². The van der Waals surface area contributed by atoms with Gasteiger partial charge in [0.05, 0.1) is 23.1 Å². The van der Waals surface area contributed by atoms with Crippen molar-refractivity contribution in [2.45, 2.75) is 25.4 Å². The van der Waals surface area contributed by atoms with Crippen LogP contribution in [0.5, 0.6) is 0 Å². The third kappa shape index (κ3) is 4.18. The number of ether oxygens (including phenoxy) is 1. The van der Waals surface area contributed by atoms with Gasteiger partial charge in [0.15, 0.2) is 0 Å². The number of carboxylic acids is 1. The van der Waals surface area contributed by atoms with Crippen LogP contribution in [0.1, 0.15) is 29.6 Å². The van der Waals surface area contributed by atoms with Crippen LogP contribution in [0.4, 0.5) is 4.39 Å². The minimum atomic E-state index is -1.00. The molecule has 5 nitrogen and oxygen atoms in total. The van der Waals surface area contributed by atoms with Gasteiger partial charge in [0.25, 0.3) is 5.91 Å². The van der Waals surface area contributed by atoms with Crippen molar-refractivity contribution in [2.75, 3.05) is 19.7 Å². The molecule has 0 aromatic heterocycles. The molecule has 0 bridgehead atoms. The van der Waals surface area contributed by atoms with Gasteiger partial charge >= 0.3 is 5.97 Å². The molecular weight excluding hydrogens is 313 g/mol. The van der Waals surface area contributed by atoms with E-state index in [1.165, 1.54) is 23.1 Å². The van der Waals surface area contributed by atoms with Crippen molar-refractivity contribution in [3.63, 3.8) is 0 Å². The van der Waals surface area contributed by atoms with E-state index in [2.05, 4.69) is 0 Å². The molecule has 120 valence electrons. The Morgan fingerprint density at radius 1 is 1.45 bits per heavy atom. The monoisotopic (exact) mass is 329 g/mol. The Morgan fingerprint density at radius 3 is 2.86 bits per heavy atom.